The molecule has 2 aromatic heterocycles. The van der Waals surface area contributed by atoms with Crippen molar-refractivity contribution in [3.63, 3.8) is 0 Å². The molecule has 0 bridgehead atoms. The number of aromatic carboxylic acids is 1. The fraction of sp³-hybridized carbons (Fsp3) is 0.136. The van der Waals surface area contributed by atoms with Crippen molar-refractivity contribution in [2.24, 2.45) is 0 Å². The number of hydrogen-bond donors (Lipinski definition) is 1. The lowest BCUT2D eigenvalue weighted by Crippen LogP contribution is -2.08. The zero-order valence-electron chi connectivity index (χ0n) is 16.0. The zero-order chi connectivity index (χ0) is 21.3. The van der Waals surface area contributed by atoms with Gasteiger partial charge < -0.3 is 9.84 Å². The summed E-state index contributed by atoms with van der Waals surface area (Å²) in [5, 5.41) is 14.6. The molecule has 152 valence electrons. The third-order valence-corrected chi connectivity index (χ3v) is 5.55. The molecule has 0 atom stereocenters. The molecule has 6 nitrogen and oxygen atoms in total. The highest BCUT2D eigenvalue weighted by atomic mass is 127. The highest BCUT2D eigenvalue weighted by molar-refractivity contribution is 14.1. The van der Waals surface area contributed by atoms with Gasteiger partial charge in [-0.2, -0.15) is 5.10 Å². The Hall–Kier alpha value is -3.01. The number of benzene rings is 2. The van der Waals surface area contributed by atoms with Crippen molar-refractivity contribution in [2.75, 3.05) is 7.11 Å². The quantitative estimate of drug-likeness (QED) is 0.381. The number of rotatable bonds is 6. The summed E-state index contributed by atoms with van der Waals surface area (Å²) in [7, 11) is 1.61. The number of hydrogen-bond acceptors (Lipinski definition) is 4. The molecule has 30 heavy (non-hydrogen) atoms. The molecule has 8 heteroatoms. The van der Waals surface area contributed by atoms with Crippen molar-refractivity contribution in [1.29, 1.82) is 0 Å². The van der Waals surface area contributed by atoms with Crippen LogP contribution in [-0.2, 0) is 13.0 Å². The first kappa shape index (κ1) is 20.3. The normalized spacial score (nSPS) is 11.0. The first-order valence-electron chi connectivity index (χ1n) is 9.10. The van der Waals surface area contributed by atoms with Gasteiger partial charge in [0.1, 0.15) is 11.6 Å². The maximum Gasteiger partial charge on any atom is 0.337 e. The number of nitrogens with zero attached hydrogens (tertiary/aromatic N) is 3. The Morgan fingerprint density at radius 3 is 2.63 bits per heavy atom. The lowest BCUT2D eigenvalue weighted by Gasteiger charge is -2.10. The van der Waals surface area contributed by atoms with Gasteiger partial charge in [0.25, 0.3) is 0 Å². The van der Waals surface area contributed by atoms with Crippen LogP contribution in [0.15, 0.2) is 54.9 Å². The second-order valence-corrected chi connectivity index (χ2v) is 8.00. The zero-order valence-corrected chi connectivity index (χ0v) is 18.1. The number of fused-ring (bicyclic) bond motifs is 1. The van der Waals surface area contributed by atoms with E-state index in [1.807, 2.05) is 46.9 Å². The van der Waals surface area contributed by atoms with E-state index < -0.39 is 5.97 Å². The Kier molecular flexibility index (Phi) is 5.67. The van der Waals surface area contributed by atoms with Gasteiger partial charge in [0, 0.05) is 21.6 Å². The smallest absolute Gasteiger partial charge is 0.337 e. The van der Waals surface area contributed by atoms with Crippen LogP contribution in [0.4, 0.5) is 4.39 Å². The van der Waals surface area contributed by atoms with Gasteiger partial charge in [0.05, 0.1) is 25.4 Å². The first-order valence-corrected chi connectivity index (χ1v) is 10.2. The van der Waals surface area contributed by atoms with E-state index in [2.05, 4.69) is 10.1 Å². The maximum absolute atomic E-state index is 14.4. The third kappa shape index (κ3) is 4.00. The van der Waals surface area contributed by atoms with E-state index in [9.17, 15) is 14.3 Å². The largest absolute Gasteiger partial charge is 0.497 e. The Bertz CT molecular complexity index is 1240. The summed E-state index contributed by atoms with van der Waals surface area (Å²) in [6.07, 6.45) is 3.05. The lowest BCUT2D eigenvalue weighted by atomic mass is 9.98. The van der Waals surface area contributed by atoms with Crippen molar-refractivity contribution >= 4 is 39.6 Å². The highest BCUT2D eigenvalue weighted by Gasteiger charge is 2.19. The van der Waals surface area contributed by atoms with Gasteiger partial charge in [-0.25, -0.2) is 18.9 Å². The van der Waals surface area contributed by atoms with Crippen LogP contribution in [0.1, 0.15) is 27.0 Å². The van der Waals surface area contributed by atoms with E-state index in [4.69, 9.17) is 4.74 Å². The summed E-state index contributed by atoms with van der Waals surface area (Å²) >= 11 is 2.04. The third-order valence-electron chi connectivity index (χ3n) is 4.88. The van der Waals surface area contributed by atoms with E-state index >= 15 is 0 Å². The minimum Gasteiger partial charge on any atom is -0.497 e. The molecule has 2 heterocycles. The van der Waals surface area contributed by atoms with Gasteiger partial charge >= 0.3 is 5.97 Å². The number of carbonyl (C=O) groups is 1. The molecule has 2 aromatic carbocycles. The predicted octanol–water partition coefficient (Wildman–Crippen LogP) is 4.52. The Morgan fingerprint density at radius 2 is 1.97 bits per heavy atom. The van der Waals surface area contributed by atoms with Gasteiger partial charge in [-0.3, -0.25) is 0 Å². The molecule has 0 saturated heterocycles. The Balaban J connectivity index is 1.76. The van der Waals surface area contributed by atoms with E-state index in [0.29, 0.717) is 28.7 Å². The van der Waals surface area contributed by atoms with Crippen LogP contribution in [0.2, 0.25) is 0 Å². The Labute approximate surface area is 185 Å². The number of ether oxygens (including phenoxy) is 1. The van der Waals surface area contributed by atoms with Crippen LogP contribution < -0.4 is 4.74 Å². The molecular formula is C22H17FIN3O3. The van der Waals surface area contributed by atoms with E-state index in [0.717, 1.165) is 14.9 Å². The molecule has 4 aromatic rings. The number of halogens is 2. The number of carboxylic acid groups (broad SMARTS) is 1. The maximum atomic E-state index is 14.4. The van der Waals surface area contributed by atoms with E-state index in [1.165, 1.54) is 12.3 Å². The van der Waals surface area contributed by atoms with Crippen molar-refractivity contribution in [3.8, 4) is 5.75 Å². The van der Waals surface area contributed by atoms with E-state index in [-0.39, 0.29) is 17.8 Å². The molecule has 0 unspecified atom stereocenters. The van der Waals surface area contributed by atoms with Crippen LogP contribution in [0.3, 0.4) is 0 Å². The molecular weight excluding hydrogens is 500 g/mol. The number of pyridine rings is 1. The summed E-state index contributed by atoms with van der Waals surface area (Å²) in [5.74, 6) is -0.711. The topological polar surface area (TPSA) is 77.2 Å². The van der Waals surface area contributed by atoms with Gasteiger partial charge in [-0.15, -0.1) is 0 Å². The molecule has 0 fully saturated rings. The van der Waals surface area contributed by atoms with Crippen molar-refractivity contribution < 1.29 is 19.0 Å². The Morgan fingerprint density at radius 1 is 1.20 bits per heavy atom. The summed E-state index contributed by atoms with van der Waals surface area (Å²) < 4.78 is 22.1. The predicted molar refractivity (Wildman–Crippen MR) is 119 cm³/mol. The molecule has 0 aliphatic rings. The SMILES string of the molecule is COc1ccc(Cn2ncc3c(Cc4ccc(I)cc4F)c(C(=O)O)cnc32)cc1. The van der Waals surface area contributed by atoms with Crippen molar-refractivity contribution in [1.82, 2.24) is 14.8 Å². The van der Waals surface area contributed by atoms with Crippen molar-refractivity contribution in [3.05, 3.63) is 86.5 Å². The molecule has 0 aliphatic heterocycles. The van der Waals surface area contributed by atoms with E-state index in [1.54, 1.807) is 30.1 Å². The molecule has 0 amide bonds. The van der Waals surface area contributed by atoms with Crippen molar-refractivity contribution in [2.45, 2.75) is 13.0 Å². The average molecular weight is 517 g/mol. The minimum atomic E-state index is -1.10. The molecule has 0 radical (unpaired) electrons. The lowest BCUT2D eigenvalue weighted by molar-refractivity contribution is 0.0695. The second-order valence-electron chi connectivity index (χ2n) is 6.76. The molecule has 1 N–H and O–H groups in total. The van der Waals surface area contributed by atoms with Gasteiger partial charge in [0.15, 0.2) is 5.65 Å². The monoisotopic (exact) mass is 517 g/mol. The average Bonchev–Trinajstić information content (AvgIpc) is 3.13. The standard InChI is InChI=1S/C22H17FIN3O3/c1-30-16-6-2-13(3-7-16)12-27-21-18(11-26-27)17(19(10-25-21)22(28)29)8-14-4-5-15(24)9-20(14)23/h2-7,9-11H,8,12H2,1H3,(H,28,29). The van der Waals surface area contributed by atoms with Crippen LogP contribution in [0.25, 0.3) is 11.0 Å². The number of aromatic nitrogens is 3. The second kappa shape index (κ2) is 8.39. The molecule has 0 spiro atoms. The summed E-state index contributed by atoms with van der Waals surface area (Å²) in [4.78, 5) is 16.1. The summed E-state index contributed by atoms with van der Waals surface area (Å²) in [6.45, 7) is 0.463. The molecule has 4 rings (SSSR count). The fourth-order valence-electron chi connectivity index (χ4n) is 3.33. The summed E-state index contributed by atoms with van der Waals surface area (Å²) in [6, 6.07) is 12.5. The molecule has 0 aliphatic carbocycles. The van der Waals surface area contributed by atoms with Gasteiger partial charge in [-0.1, -0.05) is 18.2 Å². The van der Waals surface area contributed by atoms with Gasteiger partial charge in [0.2, 0.25) is 0 Å². The van der Waals surface area contributed by atoms with Crippen LogP contribution in [0, 0.1) is 9.39 Å². The fourth-order valence-corrected chi connectivity index (χ4v) is 3.78. The first-order chi connectivity index (χ1) is 14.5. The highest BCUT2D eigenvalue weighted by Crippen LogP contribution is 2.26. The minimum absolute atomic E-state index is 0.0458. The number of carboxylic acids is 1. The van der Waals surface area contributed by atoms with Crippen LogP contribution in [0.5, 0.6) is 5.75 Å². The van der Waals surface area contributed by atoms with Crippen LogP contribution >= 0.6 is 22.6 Å². The van der Waals surface area contributed by atoms with Crippen LogP contribution in [-0.4, -0.2) is 33.0 Å². The summed E-state index contributed by atoms with van der Waals surface area (Å²) in [5.41, 5.74) is 2.51. The van der Waals surface area contributed by atoms with Gasteiger partial charge in [-0.05, 0) is 63.5 Å². The molecule has 0 saturated carbocycles. The number of methoxy groups -OCH3 is 1.